The average Bonchev–Trinajstić information content (AvgIpc) is 3.29. The first-order valence-corrected chi connectivity index (χ1v) is 10.9. The van der Waals surface area contributed by atoms with E-state index in [4.69, 9.17) is 9.31 Å². The second-order valence-corrected chi connectivity index (χ2v) is 9.45. The second kappa shape index (κ2) is 7.62. The van der Waals surface area contributed by atoms with Crippen molar-refractivity contribution >= 4 is 18.3 Å². The lowest BCUT2D eigenvalue weighted by Gasteiger charge is -2.36. The van der Waals surface area contributed by atoms with Gasteiger partial charge in [-0.2, -0.15) is 0 Å². The molecule has 6 heteroatoms. The lowest BCUT2D eigenvalue weighted by Crippen LogP contribution is -2.47. The van der Waals surface area contributed by atoms with Gasteiger partial charge in [0.2, 0.25) is 0 Å². The molecule has 4 rings (SSSR count). The van der Waals surface area contributed by atoms with Crippen molar-refractivity contribution in [1.29, 1.82) is 0 Å². The predicted octanol–water partition coefficient (Wildman–Crippen LogP) is 3.25. The third kappa shape index (κ3) is 3.96. The molecule has 0 spiro atoms. The largest absolute Gasteiger partial charge is 0.494 e. The maximum atomic E-state index is 13.1. The molecular formula is C22H34BFN2O2. The van der Waals surface area contributed by atoms with Crippen molar-refractivity contribution in [2.75, 3.05) is 37.6 Å². The Morgan fingerprint density at radius 1 is 1.07 bits per heavy atom. The summed E-state index contributed by atoms with van der Waals surface area (Å²) in [6.07, 6.45) is 2.28. The van der Waals surface area contributed by atoms with Gasteiger partial charge in [0.05, 0.1) is 11.2 Å². The second-order valence-electron chi connectivity index (χ2n) is 9.45. The summed E-state index contributed by atoms with van der Waals surface area (Å²) < 4.78 is 25.8. The molecule has 0 radical (unpaired) electrons. The molecule has 3 fully saturated rings. The highest BCUT2D eigenvalue weighted by atomic mass is 19.1. The van der Waals surface area contributed by atoms with Gasteiger partial charge in [-0.25, -0.2) is 4.39 Å². The van der Waals surface area contributed by atoms with Crippen LogP contribution in [-0.2, 0) is 9.31 Å². The van der Waals surface area contributed by atoms with E-state index < -0.39 is 6.17 Å². The van der Waals surface area contributed by atoms with E-state index in [-0.39, 0.29) is 18.3 Å². The van der Waals surface area contributed by atoms with Crippen molar-refractivity contribution in [3.05, 3.63) is 24.3 Å². The average molecular weight is 388 g/mol. The van der Waals surface area contributed by atoms with Gasteiger partial charge in [-0.1, -0.05) is 25.5 Å². The van der Waals surface area contributed by atoms with E-state index in [1.165, 1.54) is 5.69 Å². The first-order valence-electron chi connectivity index (χ1n) is 10.9. The Balaban J connectivity index is 1.34. The molecule has 154 valence electrons. The molecule has 2 saturated heterocycles. The normalized spacial score (nSPS) is 32.8. The van der Waals surface area contributed by atoms with Gasteiger partial charge in [0, 0.05) is 44.3 Å². The fourth-order valence-corrected chi connectivity index (χ4v) is 4.53. The number of nitrogens with zero attached hydrogens (tertiary/aromatic N) is 2. The predicted molar refractivity (Wildman–Crippen MR) is 113 cm³/mol. The Labute approximate surface area is 169 Å². The van der Waals surface area contributed by atoms with Gasteiger partial charge in [0.15, 0.2) is 0 Å². The van der Waals surface area contributed by atoms with E-state index in [0.29, 0.717) is 5.92 Å². The summed E-state index contributed by atoms with van der Waals surface area (Å²) in [5.41, 5.74) is 1.76. The summed E-state index contributed by atoms with van der Waals surface area (Å²) in [4.78, 5) is 4.83. The van der Waals surface area contributed by atoms with Crippen LogP contribution in [0.5, 0.6) is 0 Å². The van der Waals surface area contributed by atoms with Gasteiger partial charge in [0.1, 0.15) is 6.17 Å². The summed E-state index contributed by atoms with van der Waals surface area (Å²) >= 11 is 0. The summed E-state index contributed by atoms with van der Waals surface area (Å²) in [7, 11) is -0.301. The molecule has 0 aromatic heterocycles. The van der Waals surface area contributed by atoms with Crippen LogP contribution in [0.25, 0.3) is 0 Å². The highest BCUT2D eigenvalue weighted by molar-refractivity contribution is 6.62. The van der Waals surface area contributed by atoms with Crippen LogP contribution in [0.15, 0.2) is 24.3 Å². The summed E-state index contributed by atoms with van der Waals surface area (Å²) in [6, 6.07) is 8.63. The minimum atomic E-state index is -0.547. The van der Waals surface area contributed by atoms with Gasteiger partial charge >= 0.3 is 7.12 Å². The van der Waals surface area contributed by atoms with Crippen molar-refractivity contribution in [1.82, 2.24) is 4.90 Å². The van der Waals surface area contributed by atoms with Crippen LogP contribution in [0.3, 0.4) is 0 Å². The van der Waals surface area contributed by atoms with Crippen LogP contribution < -0.4 is 10.4 Å². The number of anilines is 1. The summed E-state index contributed by atoms with van der Waals surface area (Å²) in [5.74, 6) is 0.292. The van der Waals surface area contributed by atoms with Crippen LogP contribution in [-0.4, -0.2) is 62.1 Å². The van der Waals surface area contributed by atoms with Crippen molar-refractivity contribution in [3.8, 4) is 0 Å². The Hall–Kier alpha value is -1.11. The number of piperazine rings is 1. The Bertz CT molecular complexity index is 678. The van der Waals surface area contributed by atoms with Crippen LogP contribution >= 0.6 is 0 Å². The Morgan fingerprint density at radius 2 is 1.71 bits per heavy atom. The van der Waals surface area contributed by atoms with Crippen molar-refractivity contribution < 1.29 is 13.7 Å². The fourth-order valence-electron chi connectivity index (χ4n) is 4.53. The highest BCUT2D eigenvalue weighted by Gasteiger charge is 2.53. The van der Waals surface area contributed by atoms with Crippen molar-refractivity contribution in [2.24, 2.45) is 5.92 Å². The number of benzene rings is 1. The molecule has 2 heterocycles. The van der Waals surface area contributed by atoms with E-state index >= 15 is 0 Å². The zero-order valence-electron chi connectivity index (χ0n) is 17.8. The lowest BCUT2D eigenvalue weighted by atomic mass is 9.79. The molecule has 0 amide bonds. The minimum absolute atomic E-state index is 0.262. The van der Waals surface area contributed by atoms with Crippen molar-refractivity contribution in [3.63, 3.8) is 0 Å². The molecule has 1 aliphatic carbocycles. The minimum Gasteiger partial charge on any atom is -0.399 e. The molecule has 1 aromatic rings. The zero-order chi connectivity index (χ0) is 19.9. The number of alkyl halides is 1. The van der Waals surface area contributed by atoms with Gasteiger partial charge in [-0.15, -0.1) is 0 Å². The topological polar surface area (TPSA) is 24.9 Å². The first-order chi connectivity index (χ1) is 13.3. The highest BCUT2D eigenvalue weighted by Crippen LogP contribution is 2.40. The van der Waals surface area contributed by atoms with Gasteiger partial charge < -0.3 is 14.2 Å². The zero-order valence-corrected chi connectivity index (χ0v) is 17.8. The summed E-state index contributed by atoms with van der Waals surface area (Å²) in [6.45, 7) is 13.6. The maximum absolute atomic E-state index is 13.1. The molecule has 1 aromatic carbocycles. The molecule has 3 aliphatic rings. The van der Waals surface area contributed by atoms with E-state index in [1.807, 2.05) is 0 Å². The van der Waals surface area contributed by atoms with Crippen LogP contribution in [0.1, 0.15) is 47.0 Å². The molecule has 0 N–H and O–H groups in total. The molecule has 3 unspecified atom stereocenters. The SMILES string of the molecule is CCCC1(C)OB(c2ccc(N3CCN(CC4CC4F)CC3)cc2)OC1(C)C. The molecule has 4 nitrogen and oxygen atoms in total. The van der Waals surface area contributed by atoms with Gasteiger partial charge in [0.25, 0.3) is 0 Å². The first kappa shape index (κ1) is 20.2. The molecule has 3 atom stereocenters. The maximum Gasteiger partial charge on any atom is 0.494 e. The molecule has 1 saturated carbocycles. The van der Waals surface area contributed by atoms with E-state index in [0.717, 1.165) is 57.4 Å². The third-order valence-corrected chi connectivity index (χ3v) is 7.00. The smallest absolute Gasteiger partial charge is 0.399 e. The lowest BCUT2D eigenvalue weighted by molar-refractivity contribution is -0.0159. The Kier molecular flexibility index (Phi) is 5.49. The van der Waals surface area contributed by atoms with Crippen molar-refractivity contribution in [2.45, 2.75) is 64.3 Å². The fraction of sp³-hybridized carbons (Fsp3) is 0.727. The molecule has 2 aliphatic heterocycles. The number of halogens is 1. The van der Waals surface area contributed by atoms with Crippen LogP contribution in [0.2, 0.25) is 0 Å². The van der Waals surface area contributed by atoms with Gasteiger partial charge in [-0.05, 0) is 51.2 Å². The number of hydrogen-bond acceptors (Lipinski definition) is 4. The van der Waals surface area contributed by atoms with Crippen LogP contribution in [0.4, 0.5) is 10.1 Å². The Morgan fingerprint density at radius 3 is 2.29 bits per heavy atom. The van der Waals surface area contributed by atoms with E-state index in [1.54, 1.807) is 0 Å². The quantitative estimate of drug-likeness (QED) is 0.699. The summed E-state index contributed by atoms with van der Waals surface area (Å²) in [5, 5.41) is 0. The third-order valence-electron chi connectivity index (χ3n) is 7.00. The number of hydrogen-bond donors (Lipinski definition) is 0. The molecule has 28 heavy (non-hydrogen) atoms. The van der Waals surface area contributed by atoms with Crippen LogP contribution in [0, 0.1) is 5.92 Å². The monoisotopic (exact) mass is 388 g/mol. The van der Waals surface area contributed by atoms with E-state index in [2.05, 4.69) is 61.8 Å². The van der Waals surface area contributed by atoms with Gasteiger partial charge in [-0.3, -0.25) is 4.90 Å². The standard InChI is InChI=1S/C22H34BFN2O2/c1-5-10-22(4)21(2,3)27-23(28-22)18-6-8-19(9-7-18)26-13-11-25(12-14-26)16-17-15-20(17)24/h6-9,17,20H,5,10-16H2,1-4H3. The molecule has 0 bridgehead atoms. The molecular weight excluding hydrogens is 354 g/mol. The van der Waals surface area contributed by atoms with E-state index in [9.17, 15) is 4.39 Å². The number of rotatable bonds is 6.